The summed E-state index contributed by atoms with van der Waals surface area (Å²) in [6, 6.07) is 10.8. The van der Waals surface area contributed by atoms with Crippen LogP contribution in [0, 0.1) is 0 Å². The van der Waals surface area contributed by atoms with E-state index in [1.165, 1.54) is 5.56 Å². The van der Waals surface area contributed by atoms with Crippen LogP contribution in [0.15, 0.2) is 34.7 Å². The van der Waals surface area contributed by atoms with Gasteiger partial charge in [-0.1, -0.05) is 42.4 Å². The molecular weight excluding hydrogens is 252 g/mol. The molecule has 108 valence electrons. The van der Waals surface area contributed by atoms with Crippen LogP contribution in [0.4, 0.5) is 6.01 Å². The fourth-order valence-corrected chi connectivity index (χ4v) is 1.93. The van der Waals surface area contributed by atoms with Crippen molar-refractivity contribution in [1.82, 2.24) is 15.5 Å². The molecule has 0 bridgehead atoms. The van der Waals surface area contributed by atoms with E-state index < -0.39 is 0 Å². The minimum Gasteiger partial charge on any atom is -0.406 e. The summed E-state index contributed by atoms with van der Waals surface area (Å²) in [5.41, 5.74) is 1.18. The number of nitrogens with one attached hydrogen (secondary N) is 2. The number of benzene rings is 1. The van der Waals surface area contributed by atoms with E-state index in [1.54, 1.807) is 0 Å². The lowest BCUT2D eigenvalue weighted by molar-refractivity contribution is 0.421. The first-order chi connectivity index (χ1) is 9.70. The largest absolute Gasteiger partial charge is 0.406 e. The number of hydrogen-bond acceptors (Lipinski definition) is 5. The number of nitrogens with zero attached hydrogens (tertiary/aromatic N) is 2. The van der Waals surface area contributed by atoms with Crippen molar-refractivity contribution in [2.45, 2.75) is 39.3 Å². The molecule has 0 aliphatic heterocycles. The lowest BCUT2D eigenvalue weighted by Gasteiger charge is -2.12. The van der Waals surface area contributed by atoms with E-state index in [1.807, 2.05) is 25.1 Å². The zero-order chi connectivity index (χ0) is 14.4. The molecule has 0 saturated carbocycles. The molecule has 0 aliphatic carbocycles. The van der Waals surface area contributed by atoms with Gasteiger partial charge >= 0.3 is 6.01 Å². The van der Waals surface area contributed by atoms with E-state index in [9.17, 15) is 0 Å². The first kappa shape index (κ1) is 14.5. The number of aromatic nitrogens is 2. The summed E-state index contributed by atoms with van der Waals surface area (Å²) in [4.78, 5) is 0. The normalized spacial score (nSPS) is 13.9. The summed E-state index contributed by atoms with van der Waals surface area (Å²) in [5.74, 6) is 0.612. The van der Waals surface area contributed by atoms with Crippen molar-refractivity contribution in [2.75, 3.05) is 11.9 Å². The van der Waals surface area contributed by atoms with Crippen LogP contribution in [0.5, 0.6) is 0 Å². The van der Waals surface area contributed by atoms with Crippen LogP contribution in [-0.4, -0.2) is 16.7 Å². The summed E-state index contributed by atoms with van der Waals surface area (Å²) in [6.45, 7) is 7.15. The van der Waals surface area contributed by atoms with E-state index in [-0.39, 0.29) is 12.1 Å². The molecule has 5 nitrogen and oxygen atoms in total. The average molecular weight is 274 g/mol. The highest BCUT2D eigenvalue weighted by Gasteiger charge is 2.14. The molecule has 20 heavy (non-hydrogen) atoms. The van der Waals surface area contributed by atoms with Gasteiger partial charge in [-0.3, -0.25) is 0 Å². The van der Waals surface area contributed by atoms with Crippen molar-refractivity contribution < 1.29 is 4.42 Å². The zero-order valence-corrected chi connectivity index (χ0v) is 12.3. The first-order valence-corrected chi connectivity index (χ1v) is 7.09. The van der Waals surface area contributed by atoms with Crippen molar-refractivity contribution in [3.63, 3.8) is 0 Å². The second kappa shape index (κ2) is 7.05. The molecule has 0 radical (unpaired) electrons. The van der Waals surface area contributed by atoms with E-state index in [2.05, 4.69) is 46.8 Å². The summed E-state index contributed by atoms with van der Waals surface area (Å²) >= 11 is 0. The molecule has 0 amide bonds. The molecule has 0 spiro atoms. The third-order valence-electron chi connectivity index (χ3n) is 3.15. The second-order valence-corrected chi connectivity index (χ2v) is 4.90. The maximum absolute atomic E-state index is 5.64. The van der Waals surface area contributed by atoms with Gasteiger partial charge in [-0.05, 0) is 32.4 Å². The van der Waals surface area contributed by atoms with Crippen LogP contribution in [0.3, 0.4) is 0 Å². The highest BCUT2D eigenvalue weighted by molar-refractivity contribution is 5.28. The van der Waals surface area contributed by atoms with Gasteiger partial charge in [0.05, 0.1) is 12.1 Å². The third kappa shape index (κ3) is 3.81. The highest BCUT2D eigenvalue weighted by atomic mass is 16.4. The van der Waals surface area contributed by atoms with Gasteiger partial charge in [0.25, 0.3) is 0 Å². The fraction of sp³-hybridized carbons (Fsp3) is 0.467. The quantitative estimate of drug-likeness (QED) is 0.811. The Bertz CT molecular complexity index is 512. The maximum Gasteiger partial charge on any atom is 0.315 e. The fourth-order valence-electron chi connectivity index (χ4n) is 1.93. The van der Waals surface area contributed by atoms with E-state index in [0.29, 0.717) is 11.9 Å². The summed E-state index contributed by atoms with van der Waals surface area (Å²) < 4.78 is 5.64. The standard InChI is InChI=1S/C15H22N4O/c1-4-10-16-12(3)14-18-19-15(20-14)17-11(2)13-8-6-5-7-9-13/h5-9,11-12,16H,4,10H2,1-3H3,(H,17,19). The molecule has 0 fully saturated rings. The molecule has 2 N–H and O–H groups in total. The Morgan fingerprint density at radius 1 is 1.10 bits per heavy atom. The number of anilines is 1. The highest BCUT2D eigenvalue weighted by Crippen LogP contribution is 2.19. The Kier molecular flexibility index (Phi) is 5.12. The van der Waals surface area contributed by atoms with Gasteiger partial charge in [0, 0.05) is 0 Å². The Labute approximate surface area is 119 Å². The molecule has 1 heterocycles. The topological polar surface area (TPSA) is 63.0 Å². The number of rotatable bonds is 7. The van der Waals surface area contributed by atoms with Crippen LogP contribution >= 0.6 is 0 Å². The minimum atomic E-state index is 0.0741. The minimum absolute atomic E-state index is 0.0741. The van der Waals surface area contributed by atoms with E-state index in [4.69, 9.17) is 4.42 Å². The van der Waals surface area contributed by atoms with E-state index >= 15 is 0 Å². The molecular formula is C15H22N4O. The predicted octanol–water partition coefficient (Wildman–Crippen LogP) is 3.30. The van der Waals surface area contributed by atoms with Crippen molar-refractivity contribution in [2.24, 2.45) is 0 Å². The number of hydrogen-bond donors (Lipinski definition) is 2. The molecule has 2 atom stereocenters. The van der Waals surface area contributed by atoms with Gasteiger partial charge in [-0.15, -0.1) is 5.10 Å². The van der Waals surface area contributed by atoms with Crippen LogP contribution < -0.4 is 10.6 Å². The van der Waals surface area contributed by atoms with Gasteiger partial charge in [0.2, 0.25) is 5.89 Å². The van der Waals surface area contributed by atoms with Crippen LogP contribution in [0.2, 0.25) is 0 Å². The monoisotopic (exact) mass is 274 g/mol. The summed E-state index contributed by atoms with van der Waals surface area (Å²) in [6.07, 6.45) is 1.08. The van der Waals surface area contributed by atoms with Gasteiger partial charge < -0.3 is 15.1 Å². The lowest BCUT2D eigenvalue weighted by atomic mass is 10.1. The molecule has 5 heteroatoms. The van der Waals surface area contributed by atoms with Gasteiger partial charge in [-0.25, -0.2) is 0 Å². The summed E-state index contributed by atoms with van der Waals surface area (Å²) in [5, 5.41) is 14.7. The lowest BCUT2D eigenvalue weighted by Crippen LogP contribution is -2.19. The van der Waals surface area contributed by atoms with Crippen molar-refractivity contribution >= 4 is 6.01 Å². The Balaban J connectivity index is 1.95. The van der Waals surface area contributed by atoms with Crippen LogP contribution in [0.25, 0.3) is 0 Å². The zero-order valence-electron chi connectivity index (χ0n) is 12.3. The van der Waals surface area contributed by atoms with Gasteiger partial charge in [0.1, 0.15) is 0 Å². The average Bonchev–Trinajstić information content (AvgIpc) is 2.94. The van der Waals surface area contributed by atoms with Crippen molar-refractivity contribution in [3.8, 4) is 0 Å². The van der Waals surface area contributed by atoms with Crippen LogP contribution in [-0.2, 0) is 0 Å². The molecule has 1 aromatic carbocycles. The Morgan fingerprint density at radius 3 is 2.55 bits per heavy atom. The molecule has 0 saturated heterocycles. The van der Waals surface area contributed by atoms with Gasteiger partial charge in [0.15, 0.2) is 0 Å². The summed E-state index contributed by atoms with van der Waals surface area (Å²) in [7, 11) is 0. The molecule has 2 aromatic rings. The van der Waals surface area contributed by atoms with Gasteiger partial charge in [-0.2, -0.15) is 0 Å². The third-order valence-corrected chi connectivity index (χ3v) is 3.15. The maximum atomic E-state index is 5.64. The molecule has 2 unspecified atom stereocenters. The molecule has 2 rings (SSSR count). The van der Waals surface area contributed by atoms with Crippen LogP contribution in [0.1, 0.15) is 50.7 Å². The second-order valence-electron chi connectivity index (χ2n) is 4.90. The molecule has 0 aliphatic rings. The first-order valence-electron chi connectivity index (χ1n) is 7.09. The predicted molar refractivity (Wildman–Crippen MR) is 79.5 cm³/mol. The SMILES string of the molecule is CCCNC(C)c1nnc(NC(C)c2ccccc2)o1. The van der Waals surface area contributed by atoms with Crippen molar-refractivity contribution in [3.05, 3.63) is 41.8 Å². The Morgan fingerprint density at radius 2 is 1.85 bits per heavy atom. The van der Waals surface area contributed by atoms with Crippen molar-refractivity contribution in [1.29, 1.82) is 0 Å². The van der Waals surface area contributed by atoms with E-state index in [0.717, 1.165) is 13.0 Å². The Hall–Kier alpha value is -1.88. The molecule has 1 aromatic heterocycles. The smallest absolute Gasteiger partial charge is 0.315 e.